The molecule has 1 aliphatic rings. The minimum atomic E-state index is -4.50. The number of guanidine groups is 1. The molecule has 3 rings (SSSR count). The number of alkyl halides is 3. The number of nitrogens with zero attached hydrogens (tertiary/aromatic N) is 5. The van der Waals surface area contributed by atoms with Crippen LogP contribution in [0, 0.1) is 0 Å². The molecule has 0 amide bonds. The van der Waals surface area contributed by atoms with Crippen LogP contribution < -0.4 is 15.5 Å². The second kappa shape index (κ2) is 8.26. The van der Waals surface area contributed by atoms with Crippen LogP contribution in [0.15, 0.2) is 29.5 Å². The van der Waals surface area contributed by atoms with Gasteiger partial charge in [0.2, 0.25) is 0 Å². The second-order valence-corrected chi connectivity index (χ2v) is 6.89. The van der Waals surface area contributed by atoms with Crippen LogP contribution in [0.4, 0.5) is 19.0 Å². The number of rotatable bonds is 4. The number of aryl methyl sites for hydroxylation is 1. The third kappa shape index (κ3) is 4.67. The minimum absolute atomic E-state index is 0.0368. The summed E-state index contributed by atoms with van der Waals surface area (Å²) >= 11 is 6.20. The molecule has 2 aromatic heterocycles. The molecule has 0 saturated carbocycles. The SMILES string of the molecule is CN=C(NCc1cn(C)nc1C(F)(F)F)NC1CCN(c2ncccc2Cl)C1. The summed E-state index contributed by atoms with van der Waals surface area (Å²) in [5, 5.41) is 10.3. The van der Waals surface area contributed by atoms with Gasteiger partial charge in [0, 0.05) is 57.7 Å². The van der Waals surface area contributed by atoms with E-state index in [-0.39, 0.29) is 18.2 Å². The fraction of sp³-hybridized carbons (Fsp3) is 0.471. The van der Waals surface area contributed by atoms with Crippen molar-refractivity contribution in [2.45, 2.75) is 25.2 Å². The summed E-state index contributed by atoms with van der Waals surface area (Å²) in [5.41, 5.74) is -0.832. The Hall–Kier alpha value is -2.49. The average molecular weight is 416 g/mol. The molecular weight excluding hydrogens is 395 g/mol. The van der Waals surface area contributed by atoms with Crippen molar-refractivity contribution in [1.29, 1.82) is 0 Å². The fourth-order valence-corrected chi connectivity index (χ4v) is 3.39. The van der Waals surface area contributed by atoms with E-state index in [1.807, 2.05) is 0 Å². The smallest absolute Gasteiger partial charge is 0.353 e. The molecule has 0 spiro atoms. The molecule has 3 heterocycles. The molecule has 1 atom stereocenters. The zero-order valence-electron chi connectivity index (χ0n) is 15.5. The van der Waals surface area contributed by atoms with Crippen molar-refractivity contribution in [2.24, 2.45) is 12.0 Å². The van der Waals surface area contributed by atoms with Crippen LogP contribution in [0.2, 0.25) is 5.02 Å². The largest absolute Gasteiger partial charge is 0.435 e. The molecule has 1 fully saturated rings. The van der Waals surface area contributed by atoms with Crippen molar-refractivity contribution in [3.63, 3.8) is 0 Å². The summed E-state index contributed by atoms with van der Waals surface area (Å²) in [7, 11) is 3.03. The maximum absolute atomic E-state index is 13.1. The first-order valence-corrected chi connectivity index (χ1v) is 9.08. The number of pyridine rings is 1. The molecule has 2 aromatic rings. The van der Waals surface area contributed by atoms with Crippen LogP contribution in [0.3, 0.4) is 0 Å². The Morgan fingerprint density at radius 3 is 2.89 bits per heavy atom. The van der Waals surface area contributed by atoms with E-state index >= 15 is 0 Å². The first-order chi connectivity index (χ1) is 13.3. The van der Waals surface area contributed by atoms with Gasteiger partial charge < -0.3 is 15.5 Å². The number of hydrogen-bond acceptors (Lipinski definition) is 4. The normalized spacial score (nSPS) is 17.9. The highest BCUT2D eigenvalue weighted by Crippen LogP contribution is 2.30. The van der Waals surface area contributed by atoms with Gasteiger partial charge in [-0.1, -0.05) is 11.6 Å². The third-order valence-electron chi connectivity index (χ3n) is 4.41. The molecule has 1 aliphatic heterocycles. The van der Waals surface area contributed by atoms with Crippen LogP contribution in [0.1, 0.15) is 17.7 Å². The maximum Gasteiger partial charge on any atom is 0.435 e. The van der Waals surface area contributed by atoms with Crippen LogP contribution >= 0.6 is 11.6 Å². The van der Waals surface area contributed by atoms with Gasteiger partial charge in [-0.05, 0) is 18.6 Å². The zero-order chi connectivity index (χ0) is 20.3. The summed E-state index contributed by atoms with van der Waals surface area (Å²) in [6, 6.07) is 3.63. The molecule has 152 valence electrons. The molecule has 1 unspecified atom stereocenters. The molecule has 11 heteroatoms. The van der Waals surface area contributed by atoms with E-state index in [9.17, 15) is 13.2 Å². The average Bonchev–Trinajstić information content (AvgIpc) is 3.25. The van der Waals surface area contributed by atoms with E-state index in [0.29, 0.717) is 17.5 Å². The first kappa shape index (κ1) is 20.2. The summed E-state index contributed by atoms with van der Waals surface area (Å²) in [6.45, 7) is 1.40. The Balaban J connectivity index is 1.58. The van der Waals surface area contributed by atoms with Gasteiger partial charge in [-0.2, -0.15) is 18.3 Å². The van der Waals surface area contributed by atoms with Crippen molar-refractivity contribution in [3.05, 3.63) is 40.8 Å². The molecule has 28 heavy (non-hydrogen) atoms. The van der Waals surface area contributed by atoms with E-state index in [2.05, 4.69) is 30.6 Å². The van der Waals surface area contributed by atoms with E-state index < -0.39 is 11.9 Å². The van der Waals surface area contributed by atoms with Gasteiger partial charge in [-0.15, -0.1) is 0 Å². The molecular formula is C17H21ClF3N7. The number of halogens is 4. The Morgan fingerprint density at radius 2 is 2.21 bits per heavy atom. The fourth-order valence-electron chi connectivity index (χ4n) is 3.15. The van der Waals surface area contributed by atoms with Crippen molar-refractivity contribution >= 4 is 23.4 Å². The highest BCUT2D eigenvalue weighted by Gasteiger charge is 2.36. The van der Waals surface area contributed by atoms with E-state index in [4.69, 9.17) is 11.6 Å². The molecule has 0 aromatic carbocycles. The Labute approximate surface area is 165 Å². The molecule has 0 radical (unpaired) electrons. The van der Waals surface area contributed by atoms with Crippen molar-refractivity contribution in [3.8, 4) is 0 Å². The van der Waals surface area contributed by atoms with E-state index in [1.54, 1.807) is 25.4 Å². The van der Waals surface area contributed by atoms with Crippen molar-refractivity contribution < 1.29 is 13.2 Å². The van der Waals surface area contributed by atoms with Crippen LogP contribution in [0.5, 0.6) is 0 Å². The summed E-state index contributed by atoms with van der Waals surface area (Å²) in [5.74, 6) is 1.15. The molecule has 2 N–H and O–H groups in total. The predicted molar refractivity (Wildman–Crippen MR) is 101 cm³/mol. The molecule has 7 nitrogen and oxygen atoms in total. The summed E-state index contributed by atoms with van der Waals surface area (Å²) in [6.07, 6.45) is -0.629. The van der Waals surface area contributed by atoms with Gasteiger partial charge in [0.1, 0.15) is 5.82 Å². The van der Waals surface area contributed by atoms with Crippen molar-refractivity contribution in [1.82, 2.24) is 25.4 Å². The lowest BCUT2D eigenvalue weighted by Crippen LogP contribution is -2.44. The van der Waals surface area contributed by atoms with Gasteiger partial charge in [0.15, 0.2) is 11.7 Å². The van der Waals surface area contributed by atoms with Crippen LogP contribution in [0.25, 0.3) is 0 Å². The standard InChI is InChI=1S/C17H21ClF3N7/c1-22-16(24-8-11-9-27(2)26-14(11)17(19,20)21)25-12-5-7-28(10-12)15-13(18)4-3-6-23-15/h3-4,6,9,12H,5,7-8,10H2,1-2H3,(H2,22,24,25). The summed E-state index contributed by atoms with van der Waals surface area (Å²) in [4.78, 5) is 10.5. The van der Waals surface area contributed by atoms with Gasteiger partial charge in [-0.3, -0.25) is 9.67 Å². The monoisotopic (exact) mass is 415 g/mol. The first-order valence-electron chi connectivity index (χ1n) is 8.70. The van der Waals surface area contributed by atoms with E-state index in [0.717, 1.165) is 23.5 Å². The van der Waals surface area contributed by atoms with Crippen LogP contribution in [-0.4, -0.2) is 46.9 Å². The quantitative estimate of drug-likeness (QED) is 0.593. The maximum atomic E-state index is 13.1. The number of hydrogen-bond donors (Lipinski definition) is 2. The Bertz CT molecular complexity index is 850. The zero-order valence-corrected chi connectivity index (χ0v) is 16.2. The Morgan fingerprint density at radius 1 is 1.43 bits per heavy atom. The number of anilines is 1. The third-order valence-corrected chi connectivity index (χ3v) is 4.71. The highest BCUT2D eigenvalue weighted by molar-refractivity contribution is 6.32. The number of aliphatic imine (C=N–C) groups is 1. The number of nitrogens with one attached hydrogen (secondary N) is 2. The lowest BCUT2D eigenvalue weighted by Gasteiger charge is -2.20. The van der Waals surface area contributed by atoms with Gasteiger partial charge in [-0.25, -0.2) is 4.98 Å². The van der Waals surface area contributed by atoms with E-state index in [1.165, 1.54) is 13.2 Å². The molecule has 0 aliphatic carbocycles. The lowest BCUT2D eigenvalue weighted by atomic mass is 10.2. The molecule has 0 bridgehead atoms. The minimum Gasteiger partial charge on any atom is -0.353 e. The number of aromatic nitrogens is 3. The van der Waals surface area contributed by atoms with Gasteiger partial charge >= 0.3 is 6.18 Å². The second-order valence-electron chi connectivity index (χ2n) is 6.48. The van der Waals surface area contributed by atoms with Crippen LogP contribution in [-0.2, 0) is 19.8 Å². The predicted octanol–water partition coefficient (Wildman–Crippen LogP) is 2.43. The van der Waals surface area contributed by atoms with Gasteiger partial charge in [0.05, 0.1) is 5.02 Å². The summed E-state index contributed by atoms with van der Waals surface area (Å²) < 4.78 is 40.3. The van der Waals surface area contributed by atoms with Crippen molar-refractivity contribution in [2.75, 3.05) is 25.0 Å². The Kier molecular flexibility index (Phi) is 5.97. The highest BCUT2D eigenvalue weighted by atomic mass is 35.5. The van der Waals surface area contributed by atoms with Gasteiger partial charge in [0.25, 0.3) is 0 Å². The molecule has 1 saturated heterocycles. The lowest BCUT2D eigenvalue weighted by molar-refractivity contribution is -0.142. The topological polar surface area (TPSA) is 70.4 Å².